The van der Waals surface area contributed by atoms with Crippen LogP contribution in [-0.4, -0.2) is 18.1 Å². The molecule has 5 nitrogen and oxygen atoms in total. The van der Waals surface area contributed by atoms with E-state index in [0.717, 1.165) is 0 Å². The van der Waals surface area contributed by atoms with Gasteiger partial charge in [-0.15, -0.1) is 0 Å². The van der Waals surface area contributed by atoms with Crippen LogP contribution in [0, 0.1) is 0 Å². The normalized spacial score (nSPS) is 11.8. The summed E-state index contributed by atoms with van der Waals surface area (Å²) in [7, 11) is -4.47. The van der Waals surface area contributed by atoms with Gasteiger partial charge in [0.2, 0.25) is 0 Å². The molecule has 0 aromatic heterocycles. The lowest BCUT2D eigenvalue weighted by Crippen LogP contribution is -2.04. The first kappa shape index (κ1) is 10.7. The summed E-state index contributed by atoms with van der Waals surface area (Å²) in [6, 6.07) is 7.45. The highest BCUT2D eigenvalue weighted by Gasteiger charge is 2.19. The highest BCUT2D eigenvalue weighted by molar-refractivity contribution is 7.86. The molecule has 0 aliphatic heterocycles. The maximum absolute atomic E-state index is 11.2. The maximum Gasteiger partial charge on any atom is 0.297 e. The largest absolute Gasteiger partial charge is 0.507 e. The van der Waals surface area contributed by atoms with E-state index in [1.54, 1.807) is 18.2 Å². The number of hydrogen-bond acceptors (Lipinski definition) is 4. The van der Waals surface area contributed by atoms with E-state index in [1.807, 2.05) is 0 Å². The second-order valence-electron chi connectivity index (χ2n) is 3.33. The van der Waals surface area contributed by atoms with Gasteiger partial charge in [-0.25, -0.2) is 0 Å². The summed E-state index contributed by atoms with van der Waals surface area (Å²) in [5.41, 5.74) is 5.39. The Morgan fingerprint density at radius 2 is 1.81 bits per heavy atom. The van der Waals surface area contributed by atoms with Crippen LogP contribution in [0.25, 0.3) is 10.8 Å². The molecule has 0 unspecified atom stereocenters. The topological polar surface area (TPSA) is 101 Å². The van der Waals surface area contributed by atoms with Gasteiger partial charge < -0.3 is 10.8 Å². The second-order valence-corrected chi connectivity index (χ2v) is 4.69. The van der Waals surface area contributed by atoms with Gasteiger partial charge >= 0.3 is 0 Å². The van der Waals surface area contributed by atoms with E-state index < -0.39 is 15.0 Å². The molecule has 0 heterocycles. The van der Waals surface area contributed by atoms with Crippen molar-refractivity contribution >= 4 is 26.6 Å². The number of phenolic OH excluding ortho intramolecular Hbond substituents is 1. The Morgan fingerprint density at radius 3 is 2.44 bits per heavy atom. The zero-order chi connectivity index (χ0) is 11.9. The molecule has 0 spiro atoms. The molecule has 2 rings (SSSR count). The van der Waals surface area contributed by atoms with Crippen LogP contribution in [0.1, 0.15) is 0 Å². The van der Waals surface area contributed by atoms with E-state index in [4.69, 9.17) is 10.3 Å². The number of hydrogen-bond donors (Lipinski definition) is 3. The first-order valence-corrected chi connectivity index (χ1v) is 5.83. The van der Waals surface area contributed by atoms with Gasteiger partial charge in [-0.1, -0.05) is 18.2 Å². The number of rotatable bonds is 1. The highest BCUT2D eigenvalue weighted by Crippen LogP contribution is 2.34. The minimum absolute atomic E-state index is 0.0324. The van der Waals surface area contributed by atoms with Crippen LogP contribution in [0.5, 0.6) is 5.75 Å². The summed E-state index contributed by atoms with van der Waals surface area (Å²) in [4.78, 5) is -0.455. The van der Waals surface area contributed by atoms with Crippen molar-refractivity contribution in [3.63, 3.8) is 0 Å². The molecular weight excluding hydrogens is 230 g/mol. The van der Waals surface area contributed by atoms with Crippen LogP contribution < -0.4 is 5.73 Å². The minimum Gasteiger partial charge on any atom is -0.507 e. The van der Waals surface area contributed by atoms with Gasteiger partial charge in [0.1, 0.15) is 10.6 Å². The summed E-state index contributed by atoms with van der Waals surface area (Å²) in [6.45, 7) is 0. The molecule has 0 atom stereocenters. The monoisotopic (exact) mass is 239 g/mol. The van der Waals surface area contributed by atoms with E-state index in [9.17, 15) is 13.5 Å². The molecule has 2 aromatic rings. The lowest BCUT2D eigenvalue weighted by atomic mass is 10.1. The van der Waals surface area contributed by atoms with E-state index in [2.05, 4.69) is 0 Å². The van der Waals surface area contributed by atoms with Crippen molar-refractivity contribution in [3.05, 3.63) is 30.3 Å². The number of benzene rings is 2. The summed E-state index contributed by atoms with van der Waals surface area (Å²) >= 11 is 0. The van der Waals surface area contributed by atoms with Gasteiger partial charge in [0.25, 0.3) is 10.1 Å². The fourth-order valence-electron chi connectivity index (χ4n) is 1.62. The third-order valence-electron chi connectivity index (χ3n) is 2.26. The highest BCUT2D eigenvalue weighted by atomic mass is 32.2. The summed E-state index contributed by atoms with van der Waals surface area (Å²) in [6.07, 6.45) is 0. The minimum atomic E-state index is -4.47. The third kappa shape index (κ3) is 1.58. The van der Waals surface area contributed by atoms with Crippen molar-refractivity contribution in [2.75, 3.05) is 5.73 Å². The average molecular weight is 239 g/mol. The predicted octanol–water partition coefficient (Wildman–Crippen LogP) is 1.37. The number of nitrogens with two attached hydrogens (primary N) is 1. The first-order chi connectivity index (χ1) is 7.41. The van der Waals surface area contributed by atoms with E-state index in [1.165, 1.54) is 12.1 Å². The molecule has 0 amide bonds. The SMILES string of the molecule is Nc1ccc2cccc(O)c2c1S(=O)(=O)O. The third-order valence-corrected chi connectivity index (χ3v) is 3.22. The van der Waals surface area contributed by atoms with Crippen molar-refractivity contribution < 1.29 is 18.1 Å². The smallest absolute Gasteiger partial charge is 0.297 e. The summed E-state index contributed by atoms with van der Waals surface area (Å²) in [5, 5.41) is 10.1. The number of fused-ring (bicyclic) bond motifs is 1. The number of anilines is 1. The number of phenols is 1. The van der Waals surface area contributed by atoms with Crippen LogP contribution in [-0.2, 0) is 10.1 Å². The first-order valence-electron chi connectivity index (χ1n) is 4.39. The zero-order valence-electron chi connectivity index (χ0n) is 8.08. The van der Waals surface area contributed by atoms with Crippen molar-refractivity contribution in [1.82, 2.24) is 0 Å². The summed E-state index contributed by atoms with van der Waals surface area (Å²) < 4.78 is 31.4. The second kappa shape index (κ2) is 3.36. The maximum atomic E-state index is 11.2. The van der Waals surface area contributed by atoms with Crippen molar-refractivity contribution in [1.29, 1.82) is 0 Å². The molecule has 0 fully saturated rings. The van der Waals surface area contributed by atoms with Crippen molar-refractivity contribution in [3.8, 4) is 5.75 Å². The van der Waals surface area contributed by atoms with Gasteiger partial charge in [0.05, 0.1) is 5.69 Å². The molecular formula is C10H9NO4S. The molecule has 16 heavy (non-hydrogen) atoms. The van der Waals surface area contributed by atoms with Crippen LogP contribution in [0.2, 0.25) is 0 Å². The van der Waals surface area contributed by atoms with Crippen molar-refractivity contribution in [2.24, 2.45) is 0 Å². The molecule has 0 aliphatic carbocycles. The number of nitrogen functional groups attached to an aromatic ring is 1. The van der Waals surface area contributed by atoms with Gasteiger partial charge in [-0.3, -0.25) is 4.55 Å². The Labute approximate surface area is 91.9 Å². The molecule has 0 saturated carbocycles. The van der Waals surface area contributed by atoms with E-state index in [-0.39, 0.29) is 16.8 Å². The van der Waals surface area contributed by atoms with Gasteiger partial charge in [-0.2, -0.15) is 8.42 Å². The Morgan fingerprint density at radius 1 is 1.12 bits per heavy atom. The molecule has 4 N–H and O–H groups in total. The Kier molecular flexibility index (Phi) is 2.25. The van der Waals surface area contributed by atoms with Gasteiger partial charge in [0.15, 0.2) is 0 Å². The Hall–Kier alpha value is -1.79. The standard InChI is InChI=1S/C10H9NO4S/c11-7-5-4-6-2-1-3-8(12)9(6)10(7)16(13,14)15/h1-5,12H,11H2,(H,13,14,15). The van der Waals surface area contributed by atoms with Gasteiger partial charge in [0, 0.05) is 5.39 Å². The molecule has 0 aliphatic rings. The van der Waals surface area contributed by atoms with Crippen LogP contribution in [0.3, 0.4) is 0 Å². The molecule has 2 aromatic carbocycles. The Bertz CT molecular complexity index is 664. The van der Waals surface area contributed by atoms with Crippen LogP contribution in [0.15, 0.2) is 35.2 Å². The molecule has 0 radical (unpaired) electrons. The fraction of sp³-hybridized carbons (Fsp3) is 0. The zero-order valence-corrected chi connectivity index (χ0v) is 8.90. The molecule has 6 heteroatoms. The lowest BCUT2D eigenvalue weighted by molar-refractivity contribution is 0.474. The molecule has 0 bridgehead atoms. The molecule has 84 valence electrons. The average Bonchev–Trinajstić information content (AvgIpc) is 2.17. The fourth-order valence-corrected chi connectivity index (χ4v) is 2.47. The van der Waals surface area contributed by atoms with Gasteiger partial charge in [-0.05, 0) is 17.5 Å². The van der Waals surface area contributed by atoms with Crippen LogP contribution >= 0.6 is 0 Å². The molecule has 0 saturated heterocycles. The Balaban J connectivity index is 3.07. The van der Waals surface area contributed by atoms with Crippen molar-refractivity contribution in [2.45, 2.75) is 4.90 Å². The van der Waals surface area contributed by atoms with E-state index in [0.29, 0.717) is 5.39 Å². The predicted molar refractivity (Wildman–Crippen MR) is 59.8 cm³/mol. The van der Waals surface area contributed by atoms with E-state index >= 15 is 0 Å². The number of aromatic hydroxyl groups is 1. The quantitative estimate of drug-likeness (QED) is 0.515. The summed E-state index contributed by atoms with van der Waals surface area (Å²) in [5.74, 6) is -0.238. The lowest BCUT2D eigenvalue weighted by Gasteiger charge is -2.08. The van der Waals surface area contributed by atoms with Crippen LogP contribution in [0.4, 0.5) is 5.69 Å².